The van der Waals surface area contributed by atoms with Crippen molar-refractivity contribution in [2.45, 2.75) is 19.9 Å². The van der Waals surface area contributed by atoms with Gasteiger partial charge in [-0.15, -0.1) is 0 Å². The van der Waals surface area contributed by atoms with Crippen LogP contribution in [-0.2, 0) is 0 Å². The quantitative estimate of drug-likeness (QED) is 0.801. The number of hydrogen-bond acceptors (Lipinski definition) is 2. The fraction of sp³-hybridized carbons (Fsp3) is 0.364. The van der Waals surface area contributed by atoms with E-state index in [0.717, 1.165) is 0 Å². The Bertz CT molecular complexity index is 364. The molecule has 0 spiro atoms. The summed E-state index contributed by atoms with van der Waals surface area (Å²) in [4.78, 5) is 11.7. The van der Waals surface area contributed by atoms with Crippen molar-refractivity contribution in [3.63, 3.8) is 0 Å². The molecule has 4 heteroatoms. The van der Waals surface area contributed by atoms with Gasteiger partial charge in [0.05, 0.1) is 5.56 Å². The van der Waals surface area contributed by atoms with Crippen molar-refractivity contribution in [1.82, 2.24) is 5.32 Å². The number of carbonyl (C=O) groups excluding carboxylic acids is 1. The summed E-state index contributed by atoms with van der Waals surface area (Å²) in [6.07, 6.45) is 0. The Morgan fingerprint density at radius 2 is 2.07 bits per heavy atom. The van der Waals surface area contributed by atoms with Gasteiger partial charge >= 0.3 is 0 Å². The number of halogens is 1. The molecule has 0 unspecified atom stereocenters. The van der Waals surface area contributed by atoms with Crippen LogP contribution in [0.3, 0.4) is 0 Å². The van der Waals surface area contributed by atoms with Crippen molar-refractivity contribution >= 4 is 11.6 Å². The van der Waals surface area contributed by atoms with Gasteiger partial charge in [-0.3, -0.25) is 4.79 Å². The van der Waals surface area contributed by atoms with Gasteiger partial charge < -0.3 is 10.6 Å². The SMILES string of the molecule is CNc1ccc(F)cc1C(=O)NC(C)C. The molecule has 0 aliphatic heterocycles. The third-order valence-corrected chi connectivity index (χ3v) is 1.92. The molecule has 2 N–H and O–H groups in total. The van der Waals surface area contributed by atoms with Crippen LogP contribution in [0.15, 0.2) is 18.2 Å². The van der Waals surface area contributed by atoms with Gasteiger partial charge in [-0.05, 0) is 32.0 Å². The summed E-state index contributed by atoms with van der Waals surface area (Å²) in [5.41, 5.74) is 0.945. The van der Waals surface area contributed by atoms with E-state index in [4.69, 9.17) is 0 Å². The monoisotopic (exact) mass is 210 g/mol. The third kappa shape index (κ3) is 2.94. The van der Waals surface area contributed by atoms with Crippen LogP contribution >= 0.6 is 0 Å². The molecular formula is C11H15FN2O. The van der Waals surface area contributed by atoms with Gasteiger partial charge in [-0.1, -0.05) is 0 Å². The first kappa shape index (κ1) is 11.5. The molecule has 0 aliphatic carbocycles. The van der Waals surface area contributed by atoms with Crippen molar-refractivity contribution in [1.29, 1.82) is 0 Å². The van der Waals surface area contributed by atoms with Crippen molar-refractivity contribution < 1.29 is 9.18 Å². The van der Waals surface area contributed by atoms with Crippen molar-refractivity contribution in [2.24, 2.45) is 0 Å². The smallest absolute Gasteiger partial charge is 0.253 e. The van der Waals surface area contributed by atoms with Crippen LogP contribution in [0.5, 0.6) is 0 Å². The van der Waals surface area contributed by atoms with E-state index < -0.39 is 5.82 Å². The second-order valence-electron chi connectivity index (χ2n) is 3.57. The summed E-state index contributed by atoms with van der Waals surface area (Å²) < 4.78 is 13.0. The number of nitrogens with one attached hydrogen (secondary N) is 2. The zero-order valence-corrected chi connectivity index (χ0v) is 9.10. The fourth-order valence-corrected chi connectivity index (χ4v) is 1.26. The molecule has 82 valence electrons. The second-order valence-corrected chi connectivity index (χ2v) is 3.57. The average Bonchev–Trinajstić information content (AvgIpc) is 2.16. The van der Waals surface area contributed by atoms with E-state index in [1.54, 1.807) is 13.1 Å². The molecule has 1 rings (SSSR count). The lowest BCUT2D eigenvalue weighted by molar-refractivity contribution is 0.0943. The summed E-state index contributed by atoms with van der Waals surface area (Å²) in [5, 5.41) is 5.56. The predicted octanol–water partition coefficient (Wildman–Crippen LogP) is 2.01. The molecule has 15 heavy (non-hydrogen) atoms. The molecule has 0 atom stereocenters. The van der Waals surface area contributed by atoms with Crippen molar-refractivity contribution in [3.8, 4) is 0 Å². The lowest BCUT2D eigenvalue weighted by Gasteiger charge is -2.11. The summed E-state index contributed by atoms with van der Waals surface area (Å²) in [6, 6.07) is 4.12. The molecule has 1 aromatic rings. The van der Waals surface area contributed by atoms with E-state index in [9.17, 15) is 9.18 Å². The molecule has 0 bridgehead atoms. The molecule has 0 aromatic heterocycles. The predicted molar refractivity (Wildman–Crippen MR) is 58.5 cm³/mol. The topological polar surface area (TPSA) is 41.1 Å². The van der Waals surface area contributed by atoms with Crippen LogP contribution in [-0.4, -0.2) is 19.0 Å². The molecule has 0 fully saturated rings. The molecule has 0 aliphatic rings. The molecule has 1 aromatic carbocycles. The summed E-state index contributed by atoms with van der Waals surface area (Å²) >= 11 is 0. The van der Waals surface area contributed by atoms with Gasteiger partial charge in [-0.2, -0.15) is 0 Å². The Labute approximate surface area is 88.7 Å². The molecule has 1 amide bonds. The highest BCUT2D eigenvalue weighted by molar-refractivity contribution is 5.99. The fourth-order valence-electron chi connectivity index (χ4n) is 1.26. The Morgan fingerprint density at radius 3 is 2.60 bits per heavy atom. The summed E-state index contributed by atoms with van der Waals surface area (Å²) in [7, 11) is 1.69. The average molecular weight is 210 g/mol. The van der Waals surface area contributed by atoms with Crippen LogP contribution in [0, 0.1) is 5.82 Å². The number of amides is 1. The Morgan fingerprint density at radius 1 is 1.40 bits per heavy atom. The number of rotatable bonds is 3. The van der Waals surface area contributed by atoms with Gasteiger partial charge in [0.1, 0.15) is 5.82 Å². The zero-order chi connectivity index (χ0) is 11.4. The van der Waals surface area contributed by atoms with E-state index in [-0.39, 0.29) is 11.9 Å². The van der Waals surface area contributed by atoms with E-state index in [0.29, 0.717) is 11.3 Å². The van der Waals surface area contributed by atoms with Crippen LogP contribution in [0.25, 0.3) is 0 Å². The normalized spacial score (nSPS) is 10.2. The Balaban J connectivity index is 3.00. The maximum Gasteiger partial charge on any atom is 0.253 e. The summed E-state index contributed by atoms with van der Waals surface area (Å²) in [6.45, 7) is 3.71. The second kappa shape index (κ2) is 4.77. The maximum absolute atomic E-state index is 13.0. The molecule has 0 saturated carbocycles. The number of hydrogen-bond donors (Lipinski definition) is 2. The lowest BCUT2D eigenvalue weighted by Crippen LogP contribution is -2.30. The Kier molecular flexibility index (Phi) is 3.66. The first-order valence-electron chi connectivity index (χ1n) is 4.82. The van der Waals surface area contributed by atoms with Gasteiger partial charge in [0.25, 0.3) is 5.91 Å². The van der Waals surface area contributed by atoms with E-state index in [2.05, 4.69) is 10.6 Å². The van der Waals surface area contributed by atoms with Crippen LogP contribution < -0.4 is 10.6 Å². The number of anilines is 1. The van der Waals surface area contributed by atoms with Gasteiger partial charge in [0.2, 0.25) is 0 Å². The van der Waals surface area contributed by atoms with Crippen LogP contribution in [0.4, 0.5) is 10.1 Å². The van der Waals surface area contributed by atoms with Crippen LogP contribution in [0.2, 0.25) is 0 Å². The minimum absolute atomic E-state index is 0.0328. The molecule has 0 heterocycles. The van der Waals surface area contributed by atoms with E-state index in [1.807, 2.05) is 13.8 Å². The molecule has 3 nitrogen and oxygen atoms in total. The van der Waals surface area contributed by atoms with E-state index in [1.165, 1.54) is 12.1 Å². The number of carbonyl (C=O) groups is 1. The van der Waals surface area contributed by atoms with Crippen molar-refractivity contribution in [3.05, 3.63) is 29.6 Å². The minimum Gasteiger partial charge on any atom is -0.387 e. The lowest BCUT2D eigenvalue weighted by atomic mass is 10.1. The first-order chi connectivity index (χ1) is 7.04. The number of benzene rings is 1. The summed E-state index contributed by atoms with van der Waals surface area (Å²) in [5.74, 6) is -0.684. The highest BCUT2D eigenvalue weighted by Crippen LogP contribution is 2.16. The van der Waals surface area contributed by atoms with Gasteiger partial charge in [0.15, 0.2) is 0 Å². The van der Waals surface area contributed by atoms with Gasteiger partial charge in [-0.25, -0.2) is 4.39 Å². The zero-order valence-electron chi connectivity index (χ0n) is 9.10. The van der Waals surface area contributed by atoms with Gasteiger partial charge in [0, 0.05) is 18.8 Å². The van der Waals surface area contributed by atoms with Crippen LogP contribution in [0.1, 0.15) is 24.2 Å². The van der Waals surface area contributed by atoms with Crippen molar-refractivity contribution in [2.75, 3.05) is 12.4 Å². The standard InChI is InChI=1S/C11H15FN2O/c1-7(2)14-11(15)9-6-8(12)4-5-10(9)13-3/h4-7,13H,1-3H3,(H,14,15). The highest BCUT2D eigenvalue weighted by Gasteiger charge is 2.12. The minimum atomic E-state index is -0.414. The maximum atomic E-state index is 13.0. The molecular weight excluding hydrogens is 195 g/mol. The first-order valence-corrected chi connectivity index (χ1v) is 4.82. The Hall–Kier alpha value is -1.58. The molecule has 0 radical (unpaired) electrons. The molecule has 0 saturated heterocycles. The largest absolute Gasteiger partial charge is 0.387 e. The third-order valence-electron chi connectivity index (χ3n) is 1.92. The highest BCUT2D eigenvalue weighted by atomic mass is 19.1. The van der Waals surface area contributed by atoms with E-state index >= 15 is 0 Å².